The first-order valence-electron chi connectivity index (χ1n) is 22.6. The zero-order chi connectivity index (χ0) is 43.3. The Balaban J connectivity index is 1.14. The summed E-state index contributed by atoms with van der Waals surface area (Å²) in [5, 5.41) is 4.97. The van der Waals surface area contributed by atoms with E-state index in [9.17, 15) is 0 Å². The van der Waals surface area contributed by atoms with Gasteiger partial charge in [0.1, 0.15) is 0 Å². The van der Waals surface area contributed by atoms with E-state index in [-0.39, 0.29) is 5.41 Å². The maximum absolute atomic E-state index is 2.52. The predicted octanol–water partition coefficient (Wildman–Crippen LogP) is 17.5. The molecule has 0 heterocycles. The molecule has 11 aromatic rings. The molecule has 1 heteroatoms. The van der Waals surface area contributed by atoms with Crippen molar-refractivity contribution < 1.29 is 0 Å². The van der Waals surface area contributed by atoms with Crippen LogP contribution in [0.1, 0.15) is 23.6 Å². The Morgan fingerprint density at radius 3 is 1.52 bits per heavy atom. The van der Waals surface area contributed by atoms with Crippen molar-refractivity contribution in [2.75, 3.05) is 4.90 Å². The maximum Gasteiger partial charge on any atom is 0.0543 e. The number of rotatable bonds is 8. The summed E-state index contributed by atoms with van der Waals surface area (Å²) in [5.41, 5.74) is 19.0. The summed E-state index contributed by atoms with van der Waals surface area (Å²) < 4.78 is 0. The van der Waals surface area contributed by atoms with Crippen LogP contribution in [0.2, 0.25) is 0 Å². The van der Waals surface area contributed by atoms with Gasteiger partial charge in [0.05, 0.1) is 11.4 Å². The molecule has 0 N–H and O–H groups in total. The number of hydrogen-bond donors (Lipinski definition) is 0. The highest BCUT2D eigenvalue weighted by Crippen LogP contribution is 2.57. The van der Waals surface area contributed by atoms with Crippen molar-refractivity contribution in [3.63, 3.8) is 0 Å². The summed E-state index contributed by atoms with van der Waals surface area (Å²) in [4.78, 5) is 2.52. The van der Waals surface area contributed by atoms with Gasteiger partial charge in [-0.15, -0.1) is 0 Å². The van der Waals surface area contributed by atoms with E-state index >= 15 is 0 Å². The lowest BCUT2D eigenvalue weighted by Crippen LogP contribution is -2.22. The average molecular weight is 828 g/mol. The third kappa shape index (κ3) is 6.31. The molecule has 65 heavy (non-hydrogen) atoms. The Bertz CT molecular complexity index is 3540. The van der Waals surface area contributed by atoms with Crippen LogP contribution in [0.4, 0.5) is 17.1 Å². The van der Waals surface area contributed by atoms with Crippen molar-refractivity contribution in [2.45, 2.75) is 12.3 Å². The molecule has 0 fully saturated rings. The van der Waals surface area contributed by atoms with Crippen molar-refractivity contribution in [2.24, 2.45) is 0 Å². The standard InChI is InChI=1S/C64H45N/c1-64(49-29-12-5-13-30-49)57-36-18-16-35-55(57)63-58(64)37-21-39-60(63)65(50-31-20-28-47(42-50)44-22-6-2-7-23-44)59-38-19-17-32-51(59)48-40-41-53-52-33-14-15-34-54(52)61(45-24-8-3-9-25-45)62(56(53)43-48)46-26-10-4-11-27-46/h2-43H,1H3. The molecule has 0 bridgehead atoms. The van der Waals surface area contributed by atoms with Crippen LogP contribution in [0.3, 0.4) is 0 Å². The lowest BCUT2D eigenvalue weighted by molar-refractivity contribution is 0.714. The van der Waals surface area contributed by atoms with Crippen LogP contribution < -0.4 is 4.90 Å². The minimum absolute atomic E-state index is 0.342. The summed E-state index contributed by atoms with van der Waals surface area (Å²) in [5.74, 6) is 0. The summed E-state index contributed by atoms with van der Waals surface area (Å²) in [6.45, 7) is 2.40. The van der Waals surface area contributed by atoms with E-state index in [0.29, 0.717) is 0 Å². The van der Waals surface area contributed by atoms with Gasteiger partial charge < -0.3 is 4.90 Å². The first-order chi connectivity index (χ1) is 32.2. The predicted molar refractivity (Wildman–Crippen MR) is 275 cm³/mol. The van der Waals surface area contributed by atoms with Gasteiger partial charge in [-0.2, -0.15) is 0 Å². The average Bonchev–Trinajstić information content (AvgIpc) is 3.66. The first-order valence-corrected chi connectivity index (χ1v) is 22.6. The van der Waals surface area contributed by atoms with E-state index in [1.807, 2.05) is 0 Å². The van der Waals surface area contributed by atoms with E-state index in [0.717, 1.165) is 28.2 Å². The zero-order valence-corrected chi connectivity index (χ0v) is 36.2. The molecule has 306 valence electrons. The van der Waals surface area contributed by atoms with Gasteiger partial charge >= 0.3 is 0 Å². The summed E-state index contributed by atoms with van der Waals surface area (Å²) in [7, 11) is 0. The highest BCUT2D eigenvalue weighted by atomic mass is 15.1. The molecular formula is C64H45N. The van der Waals surface area contributed by atoms with Crippen molar-refractivity contribution in [3.05, 3.63) is 271 Å². The smallest absolute Gasteiger partial charge is 0.0543 e. The monoisotopic (exact) mass is 827 g/mol. The summed E-state index contributed by atoms with van der Waals surface area (Å²) in [6.07, 6.45) is 0. The van der Waals surface area contributed by atoms with Gasteiger partial charge in [0.25, 0.3) is 0 Å². The fourth-order valence-corrected chi connectivity index (χ4v) is 10.7. The van der Waals surface area contributed by atoms with Gasteiger partial charge in [-0.05, 0) is 120 Å². The van der Waals surface area contributed by atoms with Crippen LogP contribution in [0.15, 0.2) is 255 Å². The molecule has 0 spiro atoms. The van der Waals surface area contributed by atoms with Gasteiger partial charge in [0.15, 0.2) is 0 Å². The normalized spacial score (nSPS) is 14.0. The molecular weight excluding hydrogens is 783 g/mol. The molecule has 1 nitrogen and oxygen atoms in total. The fraction of sp³-hybridized carbons (Fsp3) is 0.0312. The molecule has 0 aromatic heterocycles. The van der Waals surface area contributed by atoms with E-state index in [2.05, 4.69) is 267 Å². The van der Waals surface area contributed by atoms with Gasteiger partial charge in [-0.25, -0.2) is 0 Å². The number of hydrogen-bond acceptors (Lipinski definition) is 1. The zero-order valence-electron chi connectivity index (χ0n) is 36.2. The van der Waals surface area contributed by atoms with Crippen LogP contribution >= 0.6 is 0 Å². The second-order valence-corrected chi connectivity index (χ2v) is 17.3. The minimum atomic E-state index is -0.342. The molecule has 1 atom stereocenters. The van der Waals surface area contributed by atoms with Crippen LogP contribution in [-0.4, -0.2) is 0 Å². The highest BCUT2D eigenvalue weighted by Gasteiger charge is 2.42. The highest BCUT2D eigenvalue weighted by molar-refractivity contribution is 6.22. The Kier molecular flexibility index (Phi) is 9.35. The molecule has 0 aliphatic heterocycles. The fourth-order valence-electron chi connectivity index (χ4n) is 10.7. The molecule has 1 aliphatic carbocycles. The van der Waals surface area contributed by atoms with Gasteiger partial charge in [0.2, 0.25) is 0 Å². The molecule has 1 aliphatic rings. The van der Waals surface area contributed by atoms with Crippen LogP contribution in [0.25, 0.3) is 77.2 Å². The molecule has 1 unspecified atom stereocenters. The van der Waals surface area contributed by atoms with Crippen molar-refractivity contribution >= 4 is 38.6 Å². The van der Waals surface area contributed by atoms with Crippen molar-refractivity contribution in [1.82, 2.24) is 0 Å². The van der Waals surface area contributed by atoms with Crippen molar-refractivity contribution in [3.8, 4) is 55.6 Å². The first kappa shape index (κ1) is 38.4. The van der Waals surface area contributed by atoms with Gasteiger partial charge in [-0.3, -0.25) is 0 Å². The number of anilines is 3. The second kappa shape index (κ2) is 15.8. The van der Waals surface area contributed by atoms with Gasteiger partial charge in [0, 0.05) is 22.2 Å². The lowest BCUT2D eigenvalue weighted by atomic mass is 9.74. The Morgan fingerprint density at radius 2 is 0.800 bits per heavy atom. The molecule has 0 radical (unpaired) electrons. The van der Waals surface area contributed by atoms with E-state index in [1.54, 1.807) is 0 Å². The molecule has 11 aromatic carbocycles. The topological polar surface area (TPSA) is 3.24 Å². The van der Waals surface area contributed by atoms with Crippen LogP contribution in [-0.2, 0) is 5.41 Å². The molecule has 12 rings (SSSR count). The molecule has 0 amide bonds. The largest absolute Gasteiger partial charge is 0.309 e. The third-order valence-electron chi connectivity index (χ3n) is 13.7. The number of benzene rings is 11. The Hall–Kier alpha value is -8.26. The number of fused-ring (bicyclic) bond motifs is 6. The SMILES string of the molecule is CC1(c2ccccc2)c2ccccc2-c2c(N(c3cccc(-c4ccccc4)c3)c3ccccc3-c3ccc4c(c3)c(-c3ccccc3)c(-c3ccccc3)c3ccccc34)cccc21. The van der Waals surface area contributed by atoms with Crippen LogP contribution in [0.5, 0.6) is 0 Å². The maximum atomic E-state index is 2.52. The number of para-hydroxylation sites is 1. The van der Waals surface area contributed by atoms with Crippen molar-refractivity contribution in [1.29, 1.82) is 0 Å². The van der Waals surface area contributed by atoms with E-state index in [4.69, 9.17) is 0 Å². The Morgan fingerprint density at radius 1 is 0.292 bits per heavy atom. The second-order valence-electron chi connectivity index (χ2n) is 17.3. The van der Waals surface area contributed by atoms with E-state index in [1.165, 1.54) is 82.7 Å². The number of nitrogens with zero attached hydrogens (tertiary/aromatic N) is 1. The summed E-state index contributed by atoms with van der Waals surface area (Å²) in [6, 6.07) is 93.6. The van der Waals surface area contributed by atoms with Gasteiger partial charge in [-0.1, -0.05) is 224 Å². The Labute approximate surface area is 381 Å². The molecule has 0 saturated carbocycles. The summed E-state index contributed by atoms with van der Waals surface area (Å²) >= 11 is 0. The van der Waals surface area contributed by atoms with Crippen LogP contribution in [0, 0.1) is 0 Å². The van der Waals surface area contributed by atoms with E-state index < -0.39 is 0 Å². The quantitative estimate of drug-likeness (QED) is 0.138. The minimum Gasteiger partial charge on any atom is -0.309 e. The third-order valence-corrected chi connectivity index (χ3v) is 13.7. The molecule has 0 saturated heterocycles. The lowest BCUT2D eigenvalue weighted by Gasteiger charge is -2.32.